The number of methoxy groups -OCH3 is 1. The fraction of sp³-hybridized carbons (Fsp3) is 0.227. The van der Waals surface area contributed by atoms with Gasteiger partial charge in [-0.3, -0.25) is 4.98 Å². The molecule has 2 heterocycles. The number of anilines is 1. The number of benzene rings is 1. The second-order valence-electron chi connectivity index (χ2n) is 7.41. The van der Waals surface area contributed by atoms with Crippen molar-refractivity contribution in [3.8, 4) is 17.0 Å². The van der Waals surface area contributed by atoms with E-state index in [4.69, 9.17) is 27.6 Å². The monoisotopic (exact) mass is 453 g/mol. The van der Waals surface area contributed by atoms with E-state index in [-0.39, 0.29) is 11.6 Å². The first kappa shape index (κ1) is 23.1. The van der Waals surface area contributed by atoms with Gasteiger partial charge in [-0.2, -0.15) is 5.11 Å². The van der Waals surface area contributed by atoms with Crippen LogP contribution in [0.2, 0.25) is 5.02 Å². The molecule has 0 amide bonds. The Morgan fingerprint density at radius 1 is 1.25 bits per heavy atom. The van der Waals surface area contributed by atoms with Crippen LogP contribution in [0.15, 0.2) is 53.8 Å². The van der Waals surface area contributed by atoms with E-state index < -0.39 is 5.60 Å². The molecule has 3 rings (SSSR count). The Morgan fingerprint density at radius 3 is 2.69 bits per heavy atom. The molecule has 0 radical (unpaired) electrons. The number of nitrogen functional groups attached to an aromatic ring is 1. The van der Waals surface area contributed by atoms with Gasteiger partial charge in [-0.15, -0.1) is 0 Å². The van der Waals surface area contributed by atoms with E-state index in [1.54, 1.807) is 50.4 Å². The highest BCUT2D eigenvalue weighted by Crippen LogP contribution is 2.36. The van der Waals surface area contributed by atoms with Gasteiger partial charge in [0.2, 0.25) is 5.95 Å². The first-order valence-corrected chi connectivity index (χ1v) is 10.1. The Morgan fingerprint density at radius 2 is 2.00 bits per heavy atom. The largest absolute Gasteiger partial charge is 0.494 e. The van der Waals surface area contributed by atoms with Gasteiger partial charge in [0.05, 0.1) is 41.5 Å². The van der Waals surface area contributed by atoms with Crippen LogP contribution < -0.4 is 15.8 Å². The third kappa shape index (κ3) is 5.37. The van der Waals surface area contributed by atoms with Crippen LogP contribution in [0, 0.1) is 5.53 Å². The maximum Gasteiger partial charge on any atom is 0.221 e. The number of nitrogens with one attached hydrogen (secondary N) is 2. The number of hydrogen-bond donors (Lipinski definition) is 4. The van der Waals surface area contributed by atoms with E-state index >= 15 is 0 Å². The van der Waals surface area contributed by atoms with Crippen molar-refractivity contribution < 1.29 is 9.84 Å². The van der Waals surface area contributed by atoms with Crippen molar-refractivity contribution in [2.45, 2.75) is 26.0 Å². The van der Waals surface area contributed by atoms with Gasteiger partial charge in [0, 0.05) is 11.8 Å². The quantitative estimate of drug-likeness (QED) is 0.375. The molecule has 0 aliphatic carbocycles. The average molecular weight is 454 g/mol. The molecule has 3 aromatic rings. The molecular formula is C22H24ClN7O2. The predicted molar refractivity (Wildman–Crippen MR) is 123 cm³/mol. The third-order valence-corrected chi connectivity index (χ3v) is 4.83. The molecule has 0 spiro atoms. The zero-order valence-corrected chi connectivity index (χ0v) is 18.7. The number of pyridine rings is 1. The summed E-state index contributed by atoms with van der Waals surface area (Å²) in [6, 6.07) is 12.4. The third-order valence-electron chi connectivity index (χ3n) is 4.53. The van der Waals surface area contributed by atoms with E-state index in [1.807, 2.05) is 12.1 Å². The van der Waals surface area contributed by atoms with E-state index in [9.17, 15) is 5.11 Å². The van der Waals surface area contributed by atoms with Crippen molar-refractivity contribution in [2.24, 2.45) is 5.11 Å². The molecule has 0 unspecified atom stereocenters. The zero-order chi connectivity index (χ0) is 23.3. The summed E-state index contributed by atoms with van der Waals surface area (Å²) in [5.41, 5.74) is 15.5. The topological polar surface area (TPSA) is 142 Å². The lowest BCUT2D eigenvalue weighted by molar-refractivity contribution is 0.0736. The Bertz CT molecular complexity index is 1160. The van der Waals surface area contributed by atoms with Gasteiger partial charge < -0.3 is 20.9 Å². The molecule has 0 aliphatic rings. The first-order valence-electron chi connectivity index (χ1n) is 9.70. The molecule has 166 valence electrons. The predicted octanol–water partition coefficient (Wildman–Crippen LogP) is 4.13. The molecule has 0 saturated carbocycles. The van der Waals surface area contributed by atoms with E-state index in [0.29, 0.717) is 40.0 Å². The molecule has 32 heavy (non-hydrogen) atoms. The highest BCUT2D eigenvalue weighted by atomic mass is 35.5. The molecular weight excluding hydrogens is 430 g/mol. The summed E-state index contributed by atoms with van der Waals surface area (Å²) in [5.74, 6) is 0.482. The Kier molecular flexibility index (Phi) is 7.01. The van der Waals surface area contributed by atoms with Crippen LogP contribution in [0.5, 0.6) is 5.75 Å². The summed E-state index contributed by atoms with van der Waals surface area (Å²) >= 11 is 6.22. The molecule has 0 atom stereocenters. The lowest BCUT2D eigenvalue weighted by Crippen LogP contribution is -2.19. The number of nitrogens with two attached hydrogens (primary N) is 1. The molecule has 10 heteroatoms. The number of halogens is 1. The second kappa shape index (κ2) is 9.71. The first-order chi connectivity index (χ1) is 15.2. The smallest absolute Gasteiger partial charge is 0.221 e. The van der Waals surface area contributed by atoms with Crippen molar-refractivity contribution in [1.29, 1.82) is 5.53 Å². The van der Waals surface area contributed by atoms with Crippen LogP contribution in [0.3, 0.4) is 0 Å². The Balaban J connectivity index is 1.88. The van der Waals surface area contributed by atoms with Gasteiger partial charge in [0.25, 0.3) is 0 Å². The van der Waals surface area contributed by atoms with E-state index in [1.165, 1.54) is 7.11 Å². The summed E-state index contributed by atoms with van der Waals surface area (Å²) in [5, 5.41) is 17.2. The summed E-state index contributed by atoms with van der Waals surface area (Å²) in [6.45, 7) is 3.71. The summed E-state index contributed by atoms with van der Waals surface area (Å²) in [4.78, 5) is 12.9. The lowest BCUT2D eigenvalue weighted by Gasteiger charge is -2.17. The van der Waals surface area contributed by atoms with Crippen molar-refractivity contribution in [3.63, 3.8) is 0 Å². The van der Waals surface area contributed by atoms with Gasteiger partial charge in [0.1, 0.15) is 17.0 Å². The zero-order valence-electron chi connectivity index (χ0n) is 17.9. The van der Waals surface area contributed by atoms with Crippen LogP contribution in [0.4, 0.5) is 5.95 Å². The SMILES string of the molecule is COc1c(Cl)cccc1-c1cc(/C(=C/NCc2cccc(C(C)(C)O)n2)N=N)nc(N)n1. The minimum Gasteiger partial charge on any atom is -0.494 e. The summed E-state index contributed by atoms with van der Waals surface area (Å²) in [6.07, 6.45) is 1.55. The number of hydrogen-bond acceptors (Lipinski definition) is 9. The molecule has 0 saturated heterocycles. The van der Waals surface area contributed by atoms with Crippen molar-refractivity contribution in [2.75, 3.05) is 12.8 Å². The van der Waals surface area contributed by atoms with Crippen LogP contribution in [-0.2, 0) is 12.1 Å². The molecule has 0 aliphatic heterocycles. The van der Waals surface area contributed by atoms with Gasteiger partial charge in [-0.05, 0) is 44.2 Å². The minimum absolute atomic E-state index is 0.0219. The number of nitrogens with zero attached hydrogens (tertiary/aromatic N) is 4. The van der Waals surface area contributed by atoms with Gasteiger partial charge >= 0.3 is 0 Å². The number of para-hydroxylation sites is 1. The lowest BCUT2D eigenvalue weighted by atomic mass is 10.0. The van der Waals surface area contributed by atoms with Gasteiger partial charge in [-0.25, -0.2) is 15.5 Å². The number of aliphatic hydroxyl groups is 1. The van der Waals surface area contributed by atoms with Crippen molar-refractivity contribution >= 4 is 23.2 Å². The maximum absolute atomic E-state index is 10.1. The standard InChI is InChI=1S/C22H24ClN7O2/c1-22(2,31)19-9-4-6-13(27-19)11-26-12-18(30-25)17-10-16(28-21(24)29-17)14-7-5-8-15(23)20(14)32-3/h4-10,12,25-26,31H,11H2,1-3H3,(H2,24,28,29)/b18-12-,30-25?. The van der Waals surface area contributed by atoms with E-state index in [0.717, 1.165) is 5.69 Å². The Labute approximate surface area is 190 Å². The molecule has 5 N–H and O–H groups in total. The van der Waals surface area contributed by atoms with Crippen molar-refractivity contribution in [3.05, 3.63) is 70.8 Å². The second-order valence-corrected chi connectivity index (χ2v) is 7.82. The van der Waals surface area contributed by atoms with Crippen LogP contribution in [0.1, 0.15) is 30.9 Å². The number of rotatable bonds is 8. The normalized spacial score (nSPS) is 11.8. The maximum atomic E-state index is 10.1. The highest BCUT2D eigenvalue weighted by molar-refractivity contribution is 6.32. The molecule has 0 bridgehead atoms. The number of aromatic nitrogens is 3. The fourth-order valence-electron chi connectivity index (χ4n) is 2.99. The van der Waals surface area contributed by atoms with Crippen LogP contribution in [0.25, 0.3) is 17.0 Å². The van der Waals surface area contributed by atoms with Crippen LogP contribution >= 0.6 is 11.6 Å². The van der Waals surface area contributed by atoms with Crippen molar-refractivity contribution in [1.82, 2.24) is 20.3 Å². The Hall–Kier alpha value is -3.56. The molecule has 9 nitrogen and oxygen atoms in total. The minimum atomic E-state index is -1.04. The van der Waals surface area contributed by atoms with E-state index in [2.05, 4.69) is 25.4 Å². The number of ether oxygens (including phenoxy) is 1. The summed E-state index contributed by atoms with van der Waals surface area (Å²) < 4.78 is 5.40. The van der Waals surface area contributed by atoms with Crippen LogP contribution in [-0.4, -0.2) is 27.2 Å². The molecule has 2 aromatic heterocycles. The highest BCUT2D eigenvalue weighted by Gasteiger charge is 2.18. The molecule has 0 fully saturated rings. The summed E-state index contributed by atoms with van der Waals surface area (Å²) in [7, 11) is 1.52. The fourth-order valence-corrected chi connectivity index (χ4v) is 3.24. The average Bonchev–Trinajstić information content (AvgIpc) is 2.75. The van der Waals surface area contributed by atoms with Gasteiger partial charge in [-0.1, -0.05) is 23.7 Å². The molecule has 1 aromatic carbocycles. The van der Waals surface area contributed by atoms with Gasteiger partial charge in [0.15, 0.2) is 0 Å².